The number of anilines is 1. The van der Waals surface area contributed by atoms with Crippen LogP contribution in [0, 0.1) is 20.8 Å². The van der Waals surface area contributed by atoms with E-state index < -0.39 is 0 Å². The topological polar surface area (TPSA) is 81.4 Å². The molecule has 0 aliphatic rings. The van der Waals surface area contributed by atoms with Crippen LogP contribution in [-0.2, 0) is 4.79 Å². The molecule has 32 heavy (non-hydrogen) atoms. The third-order valence-electron chi connectivity index (χ3n) is 4.97. The predicted octanol–water partition coefficient (Wildman–Crippen LogP) is 4.85. The minimum Gasteiger partial charge on any atom is -0.494 e. The molecular weight excluding hydrogens is 422 g/mol. The van der Waals surface area contributed by atoms with E-state index in [1.165, 1.54) is 17.3 Å². The molecule has 0 atom stereocenters. The molecule has 0 spiro atoms. The van der Waals surface area contributed by atoms with Crippen molar-refractivity contribution in [2.45, 2.75) is 32.9 Å². The fourth-order valence-electron chi connectivity index (χ4n) is 3.58. The molecule has 2 aromatic carbocycles. The molecule has 2 heterocycles. The molecule has 8 heteroatoms. The number of amides is 1. The number of hydrogen-bond donors (Lipinski definition) is 1. The zero-order chi connectivity index (χ0) is 22.7. The van der Waals surface area contributed by atoms with Gasteiger partial charge in [0.05, 0.1) is 18.1 Å². The zero-order valence-corrected chi connectivity index (χ0v) is 19.4. The summed E-state index contributed by atoms with van der Waals surface area (Å²) in [6.45, 7) is 8.63. The van der Waals surface area contributed by atoms with Crippen molar-refractivity contribution in [3.63, 3.8) is 0 Å². The number of fused-ring (bicyclic) bond motifs is 1. The highest BCUT2D eigenvalue weighted by molar-refractivity contribution is 7.99. The van der Waals surface area contributed by atoms with E-state index in [0.29, 0.717) is 17.4 Å². The van der Waals surface area contributed by atoms with Crippen molar-refractivity contribution in [1.82, 2.24) is 19.8 Å². The second-order valence-corrected chi connectivity index (χ2v) is 8.48. The van der Waals surface area contributed by atoms with E-state index in [0.717, 1.165) is 33.8 Å². The fraction of sp³-hybridized carbons (Fsp3) is 0.250. The molecule has 4 rings (SSSR count). The maximum atomic E-state index is 12.6. The Hall–Kier alpha value is -3.39. The average molecular weight is 448 g/mol. The standard InChI is InChI=1S/C24H25N5O2S/c1-5-31-19-8-6-18(7-9-19)20-10-11-21-26-27-24(29(21)28-20)32-14-22(30)25-23-16(3)12-15(2)13-17(23)4/h6-13H,5,14H2,1-4H3,(H,25,30). The number of benzene rings is 2. The number of aryl methyl sites for hydroxylation is 3. The van der Waals surface area contributed by atoms with Crippen molar-refractivity contribution in [2.75, 3.05) is 17.7 Å². The second-order valence-electron chi connectivity index (χ2n) is 7.54. The minimum absolute atomic E-state index is 0.0931. The highest BCUT2D eigenvalue weighted by Crippen LogP contribution is 2.25. The highest BCUT2D eigenvalue weighted by atomic mass is 32.2. The maximum absolute atomic E-state index is 12.6. The molecule has 0 saturated heterocycles. The summed E-state index contributed by atoms with van der Waals surface area (Å²) in [5, 5.41) is 16.6. The Kier molecular flexibility index (Phi) is 6.41. The Labute approximate surface area is 191 Å². The van der Waals surface area contributed by atoms with Crippen LogP contribution in [0.2, 0.25) is 0 Å². The van der Waals surface area contributed by atoms with Crippen molar-refractivity contribution >= 4 is 29.0 Å². The van der Waals surface area contributed by atoms with E-state index in [2.05, 4.69) is 32.7 Å². The van der Waals surface area contributed by atoms with E-state index in [-0.39, 0.29) is 11.7 Å². The van der Waals surface area contributed by atoms with E-state index in [9.17, 15) is 4.79 Å². The molecule has 0 unspecified atom stereocenters. The molecule has 0 aliphatic heterocycles. The van der Waals surface area contributed by atoms with Gasteiger partial charge in [-0.15, -0.1) is 10.2 Å². The van der Waals surface area contributed by atoms with Crippen LogP contribution in [0.3, 0.4) is 0 Å². The SMILES string of the molecule is CCOc1ccc(-c2ccc3nnc(SCC(=O)Nc4c(C)cc(C)cc4C)n3n2)cc1. The number of thioether (sulfide) groups is 1. The molecule has 164 valence electrons. The van der Waals surface area contributed by atoms with Gasteiger partial charge in [-0.25, -0.2) is 0 Å². The number of nitrogens with zero attached hydrogens (tertiary/aromatic N) is 4. The molecule has 0 saturated carbocycles. The lowest BCUT2D eigenvalue weighted by Crippen LogP contribution is -2.16. The van der Waals surface area contributed by atoms with E-state index in [4.69, 9.17) is 4.74 Å². The summed E-state index contributed by atoms with van der Waals surface area (Å²) in [5.41, 5.74) is 6.53. The third kappa shape index (κ3) is 4.75. The number of aromatic nitrogens is 4. The molecular formula is C24H25N5O2S. The van der Waals surface area contributed by atoms with Crippen LogP contribution >= 0.6 is 11.8 Å². The Morgan fingerprint density at radius 3 is 2.44 bits per heavy atom. The van der Waals surface area contributed by atoms with Crippen LogP contribution in [-0.4, -0.2) is 38.1 Å². The van der Waals surface area contributed by atoms with E-state index >= 15 is 0 Å². The first-order chi connectivity index (χ1) is 15.4. The lowest BCUT2D eigenvalue weighted by Gasteiger charge is -2.12. The lowest BCUT2D eigenvalue weighted by atomic mass is 10.1. The maximum Gasteiger partial charge on any atom is 0.234 e. The fourth-order valence-corrected chi connectivity index (χ4v) is 4.27. The predicted molar refractivity (Wildman–Crippen MR) is 127 cm³/mol. The Morgan fingerprint density at radius 2 is 1.75 bits per heavy atom. The van der Waals surface area contributed by atoms with Gasteiger partial charge in [-0.05, 0) is 75.2 Å². The van der Waals surface area contributed by atoms with Gasteiger partial charge in [0.2, 0.25) is 11.1 Å². The summed E-state index contributed by atoms with van der Waals surface area (Å²) in [6, 6.07) is 15.7. The summed E-state index contributed by atoms with van der Waals surface area (Å²) in [6.07, 6.45) is 0. The molecule has 0 bridgehead atoms. The van der Waals surface area contributed by atoms with Crippen molar-refractivity contribution in [2.24, 2.45) is 0 Å². The average Bonchev–Trinajstić information content (AvgIpc) is 3.18. The van der Waals surface area contributed by atoms with Gasteiger partial charge < -0.3 is 10.1 Å². The van der Waals surface area contributed by atoms with Crippen molar-refractivity contribution in [1.29, 1.82) is 0 Å². The first-order valence-electron chi connectivity index (χ1n) is 10.4. The molecule has 0 radical (unpaired) electrons. The zero-order valence-electron chi connectivity index (χ0n) is 18.5. The minimum atomic E-state index is -0.0931. The van der Waals surface area contributed by atoms with Crippen LogP contribution in [0.1, 0.15) is 23.6 Å². The lowest BCUT2D eigenvalue weighted by molar-refractivity contribution is -0.113. The number of hydrogen-bond acceptors (Lipinski definition) is 6. The molecule has 1 amide bonds. The molecule has 1 N–H and O–H groups in total. The van der Waals surface area contributed by atoms with Crippen molar-refractivity contribution in [3.05, 3.63) is 65.2 Å². The van der Waals surface area contributed by atoms with Crippen molar-refractivity contribution < 1.29 is 9.53 Å². The van der Waals surface area contributed by atoms with Gasteiger partial charge in [0.1, 0.15) is 5.75 Å². The van der Waals surface area contributed by atoms with Crippen LogP contribution < -0.4 is 10.1 Å². The van der Waals surface area contributed by atoms with Gasteiger partial charge in [-0.3, -0.25) is 4.79 Å². The third-order valence-corrected chi connectivity index (χ3v) is 5.89. The van der Waals surface area contributed by atoms with Crippen LogP contribution in [0.25, 0.3) is 16.9 Å². The smallest absolute Gasteiger partial charge is 0.234 e. The summed E-state index contributed by atoms with van der Waals surface area (Å²) in [7, 11) is 0. The Morgan fingerprint density at radius 1 is 1.03 bits per heavy atom. The summed E-state index contributed by atoms with van der Waals surface area (Å²) < 4.78 is 7.18. The first kappa shape index (κ1) is 21.8. The van der Waals surface area contributed by atoms with E-state index in [1.807, 2.05) is 64.1 Å². The monoisotopic (exact) mass is 447 g/mol. The van der Waals surface area contributed by atoms with Gasteiger partial charge in [-0.1, -0.05) is 29.5 Å². The van der Waals surface area contributed by atoms with Gasteiger partial charge >= 0.3 is 0 Å². The normalized spacial score (nSPS) is 11.0. The molecule has 7 nitrogen and oxygen atoms in total. The van der Waals surface area contributed by atoms with Gasteiger partial charge in [0.15, 0.2) is 5.65 Å². The second kappa shape index (κ2) is 9.40. The van der Waals surface area contributed by atoms with Gasteiger partial charge in [-0.2, -0.15) is 9.61 Å². The molecule has 0 fully saturated rings. The number of nitrogens with one attached hydrogen (secondary N) is 1. The van der Waals surface area contributed by atoms with Crippen LogP contribution in [0.4, 0.5) is 5.69 Å². The van der Waals surface area contributed by atoms with Crippen molar-refractivity contribution in [3.8, 4) is 17.0 Å². The molecule has 0 aliphatic carbocycles. The largest absolute Gasteiger partial charge is 0.494 e. The van der Waals surface area contributed by atoms with Crippen LogP contribution in [0.15, 0.2) is 53.7 Å². The molecule has 4 aromatic rings. The number of carbonyl (C=O) groups excluding carboxylic acids is 1. The Bertz CT molecular complexity index is 1240. The number of carbonyl (C=O) groups is 1. The summed E-state index contributed by atoms with van der Waals surface area (Å²) in [4.78, 5) is 12.6. The summed E-state index contributed by atoms with van der Waals surface area (Å²) in [5.74, 6) is 0.940. The number of ether oxygens (including phenoxy) is 1. The van der Waals surface area contributed by atoms with Gasteiger partial charge in [0, 0.05) is 11.3 Å². The van der Waals surface area contributed by atoms with E-state index in [1.54, 1.807) is 4.52 Å². The van der Waals surface area contributed by atoms with Gasteiger partial charge in [0.25, 0.3) is 0 Å². The summed E-state index contributed by atoms with van der Waals surface area (Å²) >= 11 is 1.31. The first-order valence-corrected chi connectivity index (χ1v) is 11.4. The number of rotatable bonds is 7. The molecule has 2 aromatic heterocycles. The van der Waals surface area contributed by atoms with Crippen LogP contribution in [0.5, 0.6) is 5.75 Å². The Balaban J connectivity index is 1.49. The quantitative estimate of drug-likeness (QED) is 0.408. The highest BCUT2D eigenvalue weighted by Gasteiger charge is 2.13.